The Morgan fingerprint density at radius 1 is 0.792 bits per heavy atom. The number of aromatic nitrogens is 3. The second-order valence-corrected chi connectivity index (χ2v) is 4.78. The van der Waals surface area contributed by atoms with E-state index in [1.165, 1.54) is 30.6 Å². The molecular weight excluding hydrogens is 314 g/mol. The van der Waals surface area contributed by atoms with E-state index in [2.05, 4.69) is 15.0 Å². The molecule has 0 radical (unpaired) electrons. The van der Waals surface area contributed by atoms with Crippen molar-refractivity contribution in [2.45, 2.75) is 0 Å². The maximum atomic E-state index is 10.9. The van der Waals surface area contributed by atoms with Crippen LogP contribution < -0.4 is 10.5 Å². The number of nitrogens with zero attached hydrogens (tertiary/aromatic N) is 5. The van der Waals surface area contributed by atoms with Gasteiger partial charge in [0.1, 0.15) is 6.33 Å². The van der Waals surface area contributed by atoms with Gasteiger partial charge in [0.2, 0.25) is 0 Å². The molecule has 0 aliphatic heterocycles. The molecule has 3 aromatic rings. The predicted octanol–water partition coefficient (Wildman–Crippen LogP) is 2.59. The molecule has 0 unspecified atom stereocenters. The van der Waals surface area contributed by atoms with Crippen LogP contribution in [-0.2, 0) is 0 Å². The minimum absolute atomic E-state index is 0.00778. The van der Waals surface area contributed by atoms with Crippen LogP contribution in [0.4, 0.5) is 11.4 Å². The maximum absolute atomic E-state index is 10.9. The van der Waals surface area contributed by atoms with Crippen LogP contribution in [0.3, 0.4) is 0 Å². The van der Waals surface area contributed by atoms with Crippen molar-refractivity contribution in [2.24, 2.45) is 0 Å². The Morgan fingerprint density at radius 3 is 1.88 bits per heavy atom. The smallest absolute Gasteiger partial charge is 0.163 e. The summed E-state index contributed by atoms with van der Waals surface area (Å²) in [5, 5.41) is 39.4. The molecule has 24 heavy (non-hydrogen) atoms. The summed E-state index contributed by atoms with van der Waals surface area (Å²) in [6, 6.07) is 12.2. The van der Waals surface area contributed by atoms with E-state index < -0.39 is 5.23 Å². The van der Waals surface area contributed by atoms with E-state index in [1.807, 2.05) is 0 Å². The van der Waals surface area contributed by atoms with Crippen molar-refractivity contribution in [3.8, 4) is 22.8 Å². The van der Waals surface area contributed by atoms with Gasteiger partial charge >= 0.3 is 0 Å². The first kappa shape index (κ1) is 15.8. The third-order valence-electron chi connectivity index (χ3n) is 3.22. The molecule has 1 aromatic heterocycles. The van der Waals surface area contributed by atoms with E-state index in [1.54, 1.807) is 24.3 Å². The van der Waals surface area contributed by atoms with Crippen molar-refractivity contribution in [3.63, 3.8) is 0 Å². The summed E-state index contributed by atoms with van der Waals surface area (Å²) in [7, 11) is 0. The van der Waals surface area contributed by atoms with Gasteiger partial charge in [-0.05, 0) is 24.3 Å². The van der Waals surface area contributed by atoms with E-state index in [0.717, 1.165) is 0 Å². The van der Waals surface area contributed by atoms with Gasteiger partial charge in [-0.2, -0.15) is 0 Å². The van der Waals surface area contributed by atoms with Gasteiger partial charge in [-0.15, -0.1) is 5.23 Å². The average molecular weight is 325 g/mol. The van der Waals surface area contributed by atoms with Crippen LogP contribution in [0.15, 0.2) is 54.9 Å². The van der Waals surface area contributed by atoms with Crippen molar-refractivity contribution >= 4 is 11.4 Å². The highest BCUT2D eigenvalue weighted by atomic mass is 16.8. The number of benzene rings is 2. The summed E-state index contributed by atoms with van der Waals surface area (Å²) in [4.78, 5) is 12.4. The molecule has 0 saturated heterocycles. The zero-order chi connectivity index (χ0) is 17.1. The Bertz CT molecular complexity index is 790. The molecule has 0 saturated carbocycles. The van der Waals surface area contributed by atoms with Crippen molar-refractivity contribution in [1.82, 2.24) is 15.0 Å². The number of rotatable bonds is 4. The van der Waals surface area contributed by atoms with Crippen molar-refractivity contribution in [2.75, 3.05) is 10.5 Å². The first-order valence-corrected chi connectivity index (χ1v) is 6.77. The van der Waals surface area contributed by atoms with Gasteiger partial charge in [0, 0.05) is 16.8 Å². The lowest BCUT2D eigenvalue weighted by Gasteiger charge is -2.37. The molecule has 0 aliphatic carbocycles. The van der Waals surface area contributed by atoms with E-state index in [9.17, 15) is 10.4 Å². The first-order valence-electron chi connectivity index (χ1n) is 6.77. The predicted molar refractivity (Wildman–Crippen MR) is 86.0 cm³/mol. The second kappa shape index (κ2) is 6.56. The lowest BCUT2D eigenvalue weighted by atomic mass is 10.1. The number of anilines is 2. The SMILES string of the molecule is [O-]N([O-])c1cccc(-c2ncnc(-c3cccc(N(O)O)c3)n2)c1. The Labute approximate surface area is 136 Å². The fourth-order valence-corrected chi connectivity index (χ4v) is 2.10. The van der Waals surface area contributed by atoms with Crippen LogP contribution in [0.5, 0.6) is 0 Å². The van der Waals surface area contributed by atoms with Crippen LogP contribution in [0, 0.1) is 10.4 Å². The summed E-state index contributed by atoms with van der Waals surface area (Å²) in [6.45, 7) is 0. The lowest BCUT2D eigenvalue weighted by molar-refractivity contribution is 0.0292. The van der Waals surface area contributed by atoms with E-state index in [0.29, 0.717) is 17.0 Å². The third kappa shape index (κ3) is 3.29. The van der Waals surface area contributed by atoms with Crippen LogP contribution in [0.25, 0.3) is 22.8 Å². The highest BCUT2D eigenvalue weighted by molar-refractivity contribution is 5.67. The van der Waals surface area contributed by atoms with E-state index in [4.69, 9.17) is 10.4 Å². The monoisotopic (exact) mass is 325 g/mol. The lowest BCUT2D eigenvalue weighted by Crippen LogP contribution is -2.10. The average Bonchev–Trinajstić information content (AvgIpc) is 2.62. The summed E-state index contributed by atoms with van der Waals surface area (Å²) in [6.07, 6.45) is 1.29. The fraction of sp³-hybridized carbons (Fsp3) is 0. The van der Waals surface area contributed by atoms with E-state index in [-0.39, 0.29) is 22.4 Å². The molecule has 0 aliphatic rings. The maximum Gasteiger partial charge on any atom is 0.163 e. The molecular formula is C15H11N5O4-2. The summed E-state index contributed by atoms with van der Waals surface area (Å²) < 4.78 is 0. The zero-order valence-corrected chi connectivity index (χ0v) is 12.1. The highest BCUT2D eigenvalue weighted by Gasteiger charge is 2.08. The van der Waals surface area contributed by atoms with Gasteiger partial charge in [-0.3, -0.25) is 10.4 Å². The molecule has 0 bridgehead atoms. The Kier molecular flexibility index (Phi) is 4.31. The van der Waals surface area contributed by atoms with Gasteiger partial charge in [0.05, 0.1) is 5.69 Å². The molecule has 0 fully saturated rings. The fourth-order valence-electron chi connectivity index (χ4n) is 2.10. The topological polar surface area (TPSA) is 132 Å². The summed E-state index contributed by atoms with van der Waals surface area (Å²) in [5.74, 6) is 0.578. The molecule has 2 aromatic carbocycles. The molecule has 0 amide bonds. The van der Waals surface area contributed by atoms with Gasteiger partial charge < -0.3 is 15.6 Å². The van der Waals surface area contributed by atoms with Crippen LogP contribution >= 0.6 is 0 Å². The molecule has 2 N–H and O–H groups in total. The van der Waals surface area contributed by atoms with Gasteiger partial charge in [0.15, 0.2) is 11.6 Å². The summed E-state index contributed by atoms with van der Waals surface area (Å²) in [5.41, 5.74) is 1.10. The molecule has 3 rings (SSSR count). The minimum atomic E-state index is -0.494. The van der Waals surface area contributed by atoms with Crippen molar-refractivity contribution in [1.29, 1.82) is 0 Å². The Balaban J connectivity index is 2.01. The molecule has 0 spiro atoms. The largest absolute Gasteiger partial charge is 0.769 e. The third-order valence-corrected chi connectivity index (χ3v) is 3.22. The number of hydrogen-bond acceptors (Lipinski definition) is 9. The first-order chi connectivity index (χ1) is 11.5. The van der Waals surface area contributed by atoms with Gasteiger partial charge in [-0.25, -0.2) is 15.0 Å². The van der Waals surface area contributed by atoms with E-state index >= 15 is 0 Å². The van der Waals surface area contributed by atoms with Crippen molar-refractivity contribution in [3.05, 3.63) is 65.3 Å². The molecule has 0 atom stereocenters. The second-order valence-electron chi connectivity index (χ2n) is 4.78. The highest BCUT2D eigenvalue weighted by Crippen LogP contribution is 2.24. The van der Waals surface area contributed by atoms with Crippen molar-refractivity contribution < 1.29 is 10.4 Å². The zero-order valence-electron chi connectivity index (χ0n) is 12.1. The minimum Gasteiger partial charge on any atom is -0.769 e. The standard InChI is InChI=1S/C15H11N5O4/c21-19(22)12-5-1-3-10(7-12)14-16-9-17-15(18-14)11-4-2-6-13(8-11)20(23)24/h1-9,21-22H/q-2. The normalized spacial score (nSPS) is 10.5. The Hall–Kier alpha value is -3.11. The van der Waals surface area contributed by atoms with Gasteiger partial charge in [-0.1, -0.05) is 24.3 Å². The van der Waals surface area contributed by atoms with Crippen LogP contribution in [-0.4, -0.2) is 25.4 Å². The molecule has 1 heterocycles. The molecule has 9 nitrogen and oxygen atoms in total. The Morgan fingerprint density at radius 2 is 1.33 bits per heavy atom. The quantitative estimate of drug-likeness (QED) is 0.694. The van der Waals surface area contributed by atoms with Crippen LogP contribution in [0.2, 0.25) is 0 Å². The molecule has 122 valence electrons. The van der Waals surface area contributed by atoms with Crippen LogP contribution in [0.1, 0.15) is 0 Å². The van der Waals surface area contributed by atoms with Gasteiger partial charge in [0.25, 0.3) is 0 Å². The summed E-state index contributed by atoms with van der Waals surface area (Å²) >= 11 is 0. The molecule has 9 heteroatoms. The number of hydrogen-bond donors (Lipinski definition) is 2.